The minimum atomic E-state index is 0.878. The van der Waals surface area contributed by atoms with Crippen molar-refractivity contribution in [3.63, 3.8) is 0 Å². The monoisotopic (exact) mass is 308 g/mol. The van der Waals surface area contributed by atoms with Crippen molar-refractivity contribution in [3.05, 3.63) is 12.2 Å². The van der Waals surface area contributed by atoms with Gasteiger partial charge in [-0.3, -0.25) is 0 Å². The number of allylic oxidation sites excluding steroid dienone is 2. The van der Waals surface area contributed by atoms with Gasteiger partial charge in [0.2, 0.25) is 0 Å². The van der Waals surface area contributed by atoms with Gasteiger partial charge >= 0.3 is 0 Å². The Labute approximate surface area is 142 Å². The van der Waals surface area contributed by atoms with Crippen molar-refractivity contribution >= 4 is 0 Å². The maximum absolute atomic E-state index is 2.43. The standard InChI is InChI=1S/C22H44/c1-5-7-9-11-13-15-17-19-22(21(3)4)20-18-16-14-12-10-8-6-2/h5,7,21-22H,6,8-20H2,1-4H3. The van der Waals surface area contributed by atoms with Gasteiger partial charge in [0, 0.05) is 0 Å². The largest absolute Gasteiger partial charge is 0.0917 e. The molecule has 22 heavy (non-hydrogen) atoms. The molecule has 0 rings (SSSR count). The van der Waals surface area contributed by atoms with Crippen molar-refractivity contribution in [3.8, 4) is 0 Å². The molecule has 0 spiro atoms. The lowest BCUT2D eigenvalue weighted by atomic mass is 9.85. The smallest absolute Gasteiger partial charge is 0.0351 e. The lowest BCUT2D eigenvalue weighted by Crippen LogP contribution is -2.08. The second-order valence-corrected chi connectivity index (χ2v) is 7.47. The van der Waals surface area contributed by atoms with Crippen LogP contribution < -0.4 is 0 Å². The van der Waals surface area contributed by atoms with Gasteiger partial charge in [0.25, 0.3) is 0 Å². The SMILES string of the molecule is CC=CCCCCCCC(CCCCCCCCC)C(C)C. The molecule has 0 heteroatoms. The van der Waals surface area contributed by atoms with Crippen LogP contribution in [-0.2, 0) is 0 Å². The maximum Gasteiger partial charge on any atom is -0.0351 e. The summed E-state index contributed by atoms with van der Waals surface area (Å²) in [6, 6.07) is 0. The van der Waals surface area contributed by atoms with Gasteiger partial charge in [0.05, 0.1) is 0 Å². The minimum absolute atomic E-state index is 0.878. The Balaban J connectivity index is 3.53. The van der Waals surface area contributed by atoms with Crippen molar-refractivity contribution < 1.29 is 0 Å². The summed E-state index contributed by atoms with van der Waals surface area (Å²) >= 11 is 0. The zero-order valence-corrected chi connectivity index (χ0v) is 16.2. The molecule has 0 heterocycles. The van der Waals surface area contributed by atoms with E-state index in [4.69, 9.17) is 0 Å². The molecule has 0 aliphatic carbocycles. The number of hydrogen-bond donors (Lipinski definition) is 0. The Morgan fingerprint density at radius 2 is 1.18 bits per heavy atom. The highest BCUT2D eigenvalue weighted by Crippen LogP contribution is 2.25. The molecule has 0 saturated carbocycles. The summed E-state index contributed by atoms with van der Waals surface area (Å²) in [6.07, 6.45) is 24.5. The summed E-state index contributed by atoms with van der Waals surface area (Å²) in [6.45, 7) is 9.28. The van der Waals surface area contributed by atoms with Crippen LogP contribution in [0.1, 0.15) is 118 Å². The lowest BCUT2D eigenvalue weighted by molar-refractivity contribution is 0.313. The van der Waals surface area contributed by atoms with E-state index in [9.17, 15) is 0 Å². The lowest BCUT2D eigenvalue weighted by Gasteiger charge is -2.20. The minimum Gasteiger partial charge on any atom is -0.0917 e. The number of rotatable bonds is 16. The first-order chi connectivity index (χ1) is 10.7. The zero-order chi connectivity index (χ0) is 16.5. The second-order valence-electron chi connectivity index (χ2n) is 7.47. The van der Waals surface area contributed by atoms with Gasteiger partial charge in [-0.2, -0.15) is 0 Å². The summed E-state index contributed by atoms with van der Waals surface area (Å²) in [4.78, 5) is 0. The fourth-order valence-electron chi connectivity index (χ4n) is 3.36. The molecule has 0 bridgehead atoms. The Hall–Kier alpha value is -0.260. The van der Waals surface area contributed by atoms with Crippen LogP contribution in [0.25, 0.3) is 0 Å². The Kier molecular flexibility index (Phi) is 16.9. The van der Waals surface area contributed by atoms with Crippen LogP contribution in [0.5, 0.6) is 0 Å². The molecule has 0 aromatic heterocycles. The summed E-state index contributed by atoms with van der Waals surface area (Å²) in [5, 5.41) is 0. The highest BCUT2D eigenvalue weighted by molar-refractivity contribution is 4.76. The molecule has 1 atom stereocenters. The Morgan fingerprint density at radius 1 is 0.682 bits per heavy atom. The van der Waals surface area contributed by atoms with E-state index >= 15 is 0 Å². The molecule has 0 aromatic carbocycles. The molecule has 0 N–H and O–H groups in total. The molecular formula is C22H44. The molecule has 0 nitrogen and oxygen atoms in total. The Morgan fingerprint density at radius 3 is 1.68 bits per heavy atom. The van der Waals surface area contributed by atoms with E-state index in [0.29, 0.717) is 0 Å². The van der Waals surface area contributed by atoms with Gasteiger partial charge in [-0.15, -0.1) is 0 Å². The van der Waals surface area contributed by atoms with Crippen LogP contribution in [0, 0.1) is 11.8 Å². The molecule has 0 aliphatic rings. The summed E-state index contributed by atoms with van der Waals surface area (Å²) < 4.78 is 0. The fraction of sp³-hybridized carbons (Fsp3) is 0.909. The van der Waals surface area contributed by atoms with Crippen molar-refractivity contribution in [2.75, 3.05) is 0 Å². The third kappa shape index (κ3) is 14.7. The summed E-state index contributed by atoms with van der Waals surface area (Å²) in [7, 11) is 0. The van der Waals surface area contributed by atoms with E-state index in [1.165, 1.54) is 89.9 Å². The molecule has 0 radical (unpaired) electrons. The van der Waals surface area contributed by atoms with Crippen molar-refractivity contribution in [2.45, 2.75) is 118 Å². The average molecular weight is 309 g/mol. The zero-order valence-electron chi connectivity index (χ0n) is 16.2. The third-order valence-corrected chi connectivity index (χ3v) is 5.05. The third-order valence-electron chi connectivity index (χ3n) is 5.05. The average Bonchev–Trinajstić information content (AvgIpc) is 2.50. The van der Waals surface area contributed by atoms with Crippen LogP contribution >= 0.6 is 0 Å². The summed E-state index contributed by atoms with van der Waals surface area (Å²) in [5.41, 5.74) is 0. The van der Waals surface area contributed by atoms with Crippen LogP contribution in [0.15, 0.2) is 12.2 Å². The first-order valence-electron chi connectivity index (χ1n) is 10.3. The van der Waals surface area contributed by atoms with Crippen molar-refractivity contribution in [2.24, 2.45) is 11.8 Å². The van der Waals surface area contributed by atoms with Crippen LogP contribution in [0.2, 0.25) is 0 Å². The molecule has 0 amide bonds. The number of hydrogen-bond acceptors (Lipinski definition) is 0. The predicted octanol–water partition coefficient (Wildman–Crippen LogP) is 8.32. The predicted molar refractivity (Wildman–Crippen MR) is 103 cm³/mol. The van der Waals surface area contributed by atoms with Crippen molar-refractivity contribution in [1.29, 1.82) is 0 Å². The van der Waals surface area contributed by atoms with Gasteiger partial charge in [0.15, 0.2) is 0 Å². The molecule has 0 saturated heterocycles. The first kappa shape index (κ1) is 21.7. The Bertz CT molecular complexity index is 226. The van der Waals surface area contributed by atoms with Gasteiger partial charge in [-0.05, 0) is 31.6 Å². The molecular weight excluding hydrogens is 264 g/mol. The van der Waals surface area contributed by atoms with Gasteiger partial charge < -0.3 is 0 Å². The molecule has 0 aliphatic heterocycles. The van der Waals surface area contributed by atoms with E-state index in [0.717, 1.165) is 11.8 Å². The number of unbranched alkanes of at least 4 members (excludes halogenated alkanes) is 10. The molecule has 132 valence electrons. The van der Waals surface area contributed by atoms with Gasteiger partial charge in [-0.1, -0.05) is 110 Å². The normalized spacial score (nSPS) is 13.3. The highest BCUT2D eigenvalue weighted by Gasteiger charge is 2.12. The highest BCUT2D eigenvalue weighted by atomic mass is 14.2. The van der Waals surface area contributed by atoms with E-state index in [-0.39, 0.29) is 0 Å². The topological polar surface area (TPSA) is 0 Å². The fourth-order valence-corrected chi connectivity index (χ4v) is 3.36. The molecule has 0 fully saturated rings. The maximum atomic E-state index is 2.43. The first-order valence-corrected chi connectivity index (χ1v) is 10.3. The molecule has 1 unspecified atom stereocenters. The van der Waals surface area contributed by atoms with E-state index in [1.807, 2.05) is 0 Å². The van der Waals surface area contributed by atoms with Crippen LogP contribution in [-0.4, -0.2) is 0 Å². The van der Waals surface area contributed by atoms with Crippen LogP contribution in [0.4, 0.5) is 0 Å². The van der Waals surface area contributed by atoms with Crippen molar-refractivity contribution in [1.82, 2.24) is 0 Å². The van der Waals surface area contributed by atoms with Gasteiger partial charge in [0.1, 0.15) is 0 Å². The van der Waals surface area contributed by atoms with E-state index < -0.39 is 0 Å². The second kappa shape index (κ2) is 17.1. The quantitative estimate of drug-likeness (QED) is 0.198. The summed E-state index contributed by atoms with van der Waals surface area (Å²) in [5.74, 6) is 1.86. The van der Waals surface area contributed by atoms with E-state index in [2.05, 4.69) is 39.8 Å². The van der Waals surface area contributed by atoms with Crippen LogP contribution in [0.3, 0.4) is 0 Å². The molecule has 0 aromatic rings. The van der Waals surface area contributed by atoms with Gasteiger partial charge in [-0.25, -0.2) is 0 Å². The van der Waals surface area contributed by atoms with E-state index in [1.54, 1.807) is 0 Å².